The lowest BCUT2D eigenvalue weighted by atomic mass is 10.2. The molecule has 0 aliphatic rings. The van der Waals surface area contributed by atoms with Crippen LogP contribution in [0.2, 0.25) is 0 Å². The summed E-state index contributed by atoms with van der Waals surface area (Å²) >= 11 is 3.15. The minimum Gasteiger partial charge on any atom is -0.468 e. The summed E-state index contributed by atoms with van der Waals surface area (Å²) in [6, 6.07) is 14.1. The van der Waals surface area contributed by atoms with Gasteiger partial charge in [0.2, 0.25) is 0 Å². The van der Waals surface area contributed by atoms with Crippen molar-refractivity contribution in [3.63, 3.8) is 0 Å². The zero-order valence-corrected chi connectivity index (χ0v) is 15.1. The van der Waals surface area contributed by atoms with Gasteiger partial charge in [-0.1, -0.05) is 18.2 Å². The van der Waals surface area contributed by atoms with E-state index < -0.39 is 0 Å². The van der Waals surface area contributed by atoms with Crippen molar-refractivity contribution in [2.75, 3.05) is 5.32 Å². The van der Waals surface area contributed by atoms with Gasteiger partial charge < -0.3 is 9.73 Å². The zero-order chi connectivity index (χ0) is 17.1. The van der Waals surface area contributed by atoms with Gasteiger partial charge in [0.15, 0.2) is 5.16 Å². The summed E-state index contributed by atoms with van der Waals surface area (Å²) in [6.07, 6.45) is 3.56. The van der Waals surface area contributed by atoms with Crippen molar-refractivity contribution in [1.29, 1.82) is 0 Å². The van der Waals surface area contributed by atoms with Crippen LogP contribution in [0.3, 0.4) is 0 Å². The quantitative estimate of drug-likeness (QED) is 0.439. The number of benzene rings is 1. The molecule has 3 heterocycles. The third-order valence-electron chi connectivity index (χ3n) is 3.53. The second-order valence-electron chi connectivity index (χ2n) is 5.41. The molecule has 0 bridgehead atoms. The van der Waals surface area contributed by atoms with Crippen LogP contribution in [0.25, 0.3) is 11.3 Å². The maximum Gasteiger partial charge on any atom is 0.193 e. The van der Waals surface area contributed by atoms with Crippen LogP contribution in [0.15, 0.2) is 80.2 Å². The van der Waals surface area contributed by atoms with Gasteiger partial charge in [0.1, 0.15) is 12.0 Å². The Morgan fingerprint density at radius 2 is 2.04 bits per heavy atom. The number of thiophene rings is 1. The summed E-state index contributed by atoms with van der Waals surface area (Å²) < 4.78 is 5.35. The molecule has 0 saturated carbocycles. The van der Waals surface area contributed by atoms with E-state index in [1.54, 1.807) is 17.6 Å². The largest absolute Gasteiger partial charge is 0.468 e. The molecular weight excluding hydrogens is 350 g/mol. The molecule has 124 valence electrons. The topological polar surface area (TPSA) is 51.0 Å². The van der Waals surface area contributed by atoms with Crippen LogP contribution in [0.4, 0.5) is 11.4 Å². The molecule has 3 aromatic heterocycles. The second-order valence-corrected chi connectivity index (χ2v) is 7.23. The highest BCUT2D eigenvalue weighted by Crippen LogP contribution is 2.33. The van der Waals surface area contributed by atoms with Crippen molar-refractivity contribution in [2.24, 2.45) is 0 Å². The minimum atomic E-state index is 0.695. The first kappa shape index (κ1) is 15.9. The van der Waals surface area contributed by atoms with E-state index >= 15 is 0 Å². The number of nitrogens with zero attached hydrogens (tertiary/aromatic N) is 2. The first-order valence-corrected chi connectivity index (χ1v) is 9.48. The highest BCUT2D eigenvalue weighted by Gasteiger charge is 2.12. The summed E-state index contributed by atoms with van der Waals surface area (Å²) in [5.74, 6) is 0.878. The number of anilines is 2. The lowest BCUT2D eigenvalue weighted by molar-refractivity contribution is 0.530. The van der Waals surface area contributed by atoms with Crippen molar-refractivity contribution in [3.8, 4) is 11.3 Å². The van der Waals surface area contributed by atoms with Crippen molar-refractivity contribution in [3.05, 3.63) is 71.4 Å². The van der Waals surface area contributed by atoms with E-state index in [1.807, 2.05) is 49.5 Å². The number of rotatable bonds is 5. The highest BCUT2D eigenvalue weighted by atomic mass is 32.2. The lowest BCUT2D eigenvalue weighted by Gasteiger charge is -2.11. The Kier molecular flexibility index (Phi) is 4.54. The fourth-order valence-corrected chi connectivity index (χ4v) is 3.80. The normalized spacial score (nSPS) is 10.8. The number of aromatic nitrogens is 2. The van der Waals surface area contributed by atoms with Gasteiger partial charge >= 0.3 is 0 Å². The standard InChI is InChI=1S/C19H15N3OS2/c1-13-9-16(11-23-13)25-19-20-10-17(21-15-5-3-2-4-6-15)18(22-19)14-7-8-24-12-14/h2-12,21H,1H3. The van der Waals surface area contributed by atoms with Gasteiger partial charge in [0.05, 0.1) is 22.5 Å². The highest BCUT2D eigenvalue weighted by molar-refractivity contribution is 7.99. The number of furan rings is 1. The van der Waals surface area contributed by atoms with Crippen LogP contribution >= 0.6 is 23.1 Å². The van der Waals surface area contributed by atoms with Gasteiger partial charge in [-0.15, -0.1) is 0 Å². The van der Waals surface area contributed by atoms with E-state index in [1.165, 1.54) is 11.8 Å². The van der Waals surface area contributed by atoms with E-state index in [0.717, 1.165) is 33.3 Å². The molecule has 0 fully saturated rings. The maximum atomic E-state index is 5.35. The summed E-state index contributed by atoms with van der Waals surface area (Å²) in [5.41, 5.74) is 3.87. The number of aryl methyl sites for hydroxylation is 1. The second kappa shape index (κ2) is 7.13. The van der Waals surface area contributed by atoms with E-state index in [-0.39, 0.29) is 0 Å². The molecule has 4 aromatic rings. The molecule has 25 heavy (non-hydrogen) atoms. The smallest absolute Gasteiger partial charge is 0.193 e. The van der Waals surface area contributed by atoms with E-state index in [4.69, 9.17) is 9.40 Å². The Balaban J connectivity index is 1.69. The predicted octanol–water partition coefficient (Wildman–Crippen LogP) is 6.00. The lowest BCUT2D eigenvalue weighted by Crippen LogP contribution is -1.98. The molecule has 0 spiro atoms. The molecule has 1 N–H and O–H groups in total. The summed E-state index contributed by atoms with van der Waals surface area (Å²) in [4.78, 5) is 10.3. The van der Waals surface area contributed by atoms with Crippen LogP contribution in [-0.2, 0) is 0 Å². The van der Waals surface area contributed by atoms with Gasteiger partial charge in [-0.2, -0.15) is 11.3 Å². The minimum absolute atomic E-state index is 0.695. The van der Waals surface area contributed by atoms with Crippen LogP contribution in [0.1, 0.15) is 5.76 Å². The molecule has 0 aliphatic heterocycles. The van der Waals surface area contributed by atoms with Crippen molar-refractivity contribution in [2.45, 2.75) is 17.0 Å². The molecule has 0 unspecified atom stereocenters. The SMILES string of the molecule is Cc1cc(Sc2ncc(Nc3ccccc3)c(-c3ccsc3)n2)co1. The summed E-state index contributed by atoms with van der Waals surface area (Å²) in [6.45, 7) is 1.93. The maximum absolute atomic E-state index is 5.35. The Hall–Kier alpha value is -2.57. The van der Waals surface area contributed by atoms with Crippen molar-refractivity contribution >= 4 is 34.5 Å². The zero-order valence-electron chi connectivity index (χ0n) is 13.5. The molecule has 0 saturated heterocycles. The number of nitrogens with one attached hydrogen (secondary N) is 1. The van der Waals surface area contributed by atoms with Crippen LogP contribution in [0, 0.1) is 6.92 Å². The van der Waals surface area contributed by atoms with E-state index in [9.17, 15) is 0 Å². The summed E-state index contributed by atoms with van der Waals surface area (Å²) in [7, 11) is 0. The van der Waals surface area contributed by atoms with Crippen LogP contribution < -0.4 is 5.32 Å². The van der Waals surface area contributed by atoms with E-state index in [0.29, 0.717) is 5.16 Å². The van der Waals surface area contributed by atoms with Crippen molar-refractivity contribution in [1.82, 2.24) is 9.97 Å². The van der Waals surface area contributed by atoms with Gasteiger partial charge in [0, 0.05) is 16.6 Å². The Morgan fingerprint density at radius 3 is 2.76 bits per heavy atom. The summed E-state index contributed by atoms with van der Waals surface area (Å²) in [5, 5.41) is 8.25. The monoisotopic (exact) mass is 365 g/mol. The molecule has 0 aliphatic carbocycles. The average molecular weight is 365 g/mol. The molecule has 4 nitrogen and oxygen atoms in total. The molecule has 6 heteroatoms. The number of para-hydroxylation sites is 1. The fraction of sp³-hybridized carbons (Fsp3) is 0.0526. The first-order valence-electron chi connectivity index (χ1n) is 7.72. The predicted molar refractivity (Wildman–Crippen MR) is 103 cm³/mol. The molecule has 0 radical (unpaired) electrons. The van der Waals surface area contributed by atoms with Gasteiger partial charge in [-0.05, 0) is 48.3 Å². The fourth-order valence-electron chi connectivity index (χ4n) is 2.38. The van der Waals surface area contributed by atoms with Gasteiger partial charge in [0.25, 0.3) is 0 Å². The molecule has 1 aromatic carbocycles. The van der Waals surface area contributed by atoms with Crippen LogP contribution in [0.5, 0.6) is 0 Å². The number of hydrogen-bond donors (Lipinski definition) is 1. The number of hydrogen-bond acceptors (Lipinski definition) is 6. The Labute approximate surface area is 154 Å². The molecule has 0 atom stereocenters. The average Bonchev–Trinajstić information content (AvgIpc) is 3.29. The van der Waals surface area contributed by atoms with Gasteiger partial charge in [-0.25, -0.2) is 9.97 Å². The first-order chi connectivity index (χ1) is 12.3. The van der Waals surface area contributed by atoms with Gasteiger partial charge in [-0.3, -0.25) is 0 Å². The van der Waals surface area contributed by atoms with Crippen LogP contribution in [-0.4, -0.2) is 9.97 Å². The Bertz CT molecular complexity index is 966. The Morgan fingerprint density at radius 1 is 1.16 bits per heavy atom. The molecule has 4 rings (SSSR count). The van der Waals surface area contributed by atoms with Crippen molar-refractivity contribution < 1.29 is 4.42 Å². The third-order valence-corrected chi connectivity index (χ3v) is 5.04. The third kappa shape index (κ3) is 3.75. The molecule has 0 amide bonds. The van der Waals surface area contributed by atoms with E-state index in [2.05, 4.69) is 27.1 Å². The molecular formula is C19H15N3OS2.